The lowest BCUT2D eigenvalue weighted by atomic mass is 10.2. The molecule has 4 nitrogen and oxygen atoms in total. The van der Waals surface area contributed by atoms with Crippen LogP contribution in [0.25, 0.3) is 0 Å². The minimum atomic E-state index is -0.0785. The van der Waals surface area contributed by atoms with Crippen LogP contribution in [0.2, 0.25) is 0 Å². The highest BCUT2D eigenvalue weighted by atomic mass is 35.5. The van der Waals surface area contributed by atoms with Crippen molar-refractivity contribution in [2.45, 2.75) is 30.2 Å². The van der Waals surface area contributed by atoms with Crippen LogP contribution in [0.5, 0.6) is 0 Å². The third kappa shape index (κ3) is 4.67. The molecule has 19 heavy (non-hydrogen) atoms. The Bertz CT molecular complexity index is 404. The van der Waals surface area contributed by atoms with Crippen molar-refractivity contribution < 1.29 is 4.79 Å². The number of carbonyl (C=O) groups is 1. The maximum atomic E-state index is 12.3. The van der Waals surface area contributed by atoms with E-state index in [0.717, 1.165) is 24.7 Å². The van der Waals surface area contributed by atoms with Crippen LogP contribution < -0.4 is 5.32 Å². The maximum Gasteiger partial charge on any atom is 0.235 e. The lowest BCUT2D eigenvalue weighted by Crippen LogP contribution is -2.53. The molecule has 0 aromatic carbocycles. The van der Waals surface area contributed by atoms with Gasteiger partial charge in [0.2, 0.25) is 5.91 Å². The molecule has 2 heterocycles. The van der Waals surface area contributed by atoms with E-state index < -0.39 is 0 Å². The molecule has 1 amide bonds. The summed E-state index contributed by atoms with van der Waals surface area (Å²) in [5.74, 6) is 0.207. The summed E-state index contributed by atoms with van der Waals surface area (Å²) in [6, 6.07) is 6.15. The summed E-state index contributed by atoms with van der Waals surface area (Å²) >= 11 is 1.52. The van der Waals surface area contributed by atoms with E-state index in [4.69, 9.17) is 0 Å². The van der Waals surface area contributed by atoms with Gasteiger partial charge in [0.15, 0.2) is 0 Å². The largest absolute Gasteiger partial charge is 0.339 e. The quantitative estimate of drug-likeness (QED) is 0.865. The molecule has 1 aromatic rings. The van der Waals surface area contributed by atoms with Crippen molar-refractivity contribution >= 4 is 30.1 Å². The van der Waals surface area contributed by atoms with Crippen molar-refractivity contribution in [3.63, 3.8) is 0 Å². The number of nitrogens with zero attached hydrogens (tertiary/aromatic N) is 2. The second kappa shape index (κ2) is 7.72. The Morgan fingerprint density at radius 1 is 1.58 bits per heavy atom. The molecule has 0 bridgehead atoms. The van der Waals surface area contributed by atoms with Crippen molar-refractivity contribution in [3.05, 3.63) is 24.4 Å². The Hall–Kier alpha value is -0.780. The molecule has 0 saturated carbocycles. The second-order valence-electron chi connectivity index (χ2n) is 4.57. The number of carbonyl (C=O) groups excluding carboxylic acids is 1. The maximum absolute atomic E-state index is 12.3. The average Bonchev–Trinajstić information content (AvgIpc) is 2.39. The third-order valence-electron chi connectivity index (χ3n) is 2.96. The lowest BCUT2D eigenvalue weighted by Gasteiger charge is -2.33. The van der Waals surface area contributed by atoms with Gasteiger partial charge in [-0.3, -0.25) is 4.79 Å². The van der Waals surface area contributed by atoms with Gasteiger partial charge in [-0.15, -0.1) is 12.4 Å². The van der Waals surface area contributed by atoms with Gasteiger partial charge in [0.25, 0.3) is 0 Å². The number of hydrogen-bond donors (Lipinski definition) is 1. The molecular weight excluding hydrogens is 282 g/mol. The summed E-state index contributed by atoms with van der Waals surface area (Å²) < 4.78 is 0. The van der Waals surface area contributed by atoms with Gasteiger partial charge in [-0.25, -0.2) is 4.98 Å². The molecule has 1 N–H and O–H groups in total. The van der Waals surface area contributed by atoms with E-state index in [-0.39, 0.29) is 23.6 Å². The molecule has 1 saturated heterocycles. The Labute approximate surface area is 124 Å². The minimum Gasteiger partial charge on any atom is -0.339 e. The van der Waals surface area contributed by atoms with Crippen molar-refractivity contribution in [2.24, 2.45) is 0 Å². The summed E-state index contributed by atoms with van der Waals surface area (Å²) in [6.45, 7) is 6.54. The van der Waals surface area contributed by atoms with Crippen LogP contribution in [0.3, 0.4) is 0 Å². The van der Waals surface area contributed by atoms with Crippen LogP contribution >= 0.6 is 24.2 Å². The van der Waals surface area contributed by atoms with Crippen molar-refractivity contribution in [1.82, 2.24) is 15.2 Å². The van der Waals surface area contributed by atoms with E-state index in [1.165, 1.54) is 11.8 Å². The van der Waals surface area contributed by atoms with Crippen LogP contribution in [0.1, 0.15) is 13.8 Å². The third-order valence-corrected chi connectivity index (χ3v) is 4.00. The van der Waals surface area contributed by atoms with Gasteiger partial charge in [0.1, 0.15) is 0 Å². The predicted octanol–water partition coefficient (Wildman–Crippen LogP) is 1.80. The first kappa shape index (κ1) is 16.3. The summed E-state index contributed by atoms with van der Waals surface area (Å²) in [5.41, 5.74) is 0. The molecule has 1 unspecified atom stereocenters. The van der Waals surface area contributed by atoms with E-state index in [1.54, 1.807) is 6.20 Å². The Morgan fingerprint density at radius 2 is 2.37 bits per heavy atom. The minimum absolute atomic E-state index is 0. The molecule has 1 aliphatic heterocycles. The normalized spacial score (nSPS) is 20.5. The number of aromatic nitrogens is 1. The van der Waals surface area contributed by atoms with Crippen molar-refractivity contribution in [1.29, 1.82) is 0 Å². The van der Waals surface area contributed by atoms with E-state index >= 15 is 0 Å². The van der Waals surface area contributed by atoms with Gasteiger partial charge < -0.3 is 10.2 Å². The van der Waals surface area contributed by atoms with Crippen LogP contribution in [0.4, 0.5) is 0 Å². The SMILES string of the molecule is CC(Sc1ccccn1)C(=O)N1CCN[C@H](C)C1.Cl. The lowest BCUT2D eigenvalue weighted by molar-refractivity contribution is -0.131. The van der Waals surface area contributed by atoms with Gasteiger partial charge in [-0.1, -0.05) is 17.8 Å². The Kier molecular flexibility index (Phi) is 6.62. The molecule has 0 radical (unpaired) electrons. The smallest absolute Gasteiger partial charge is 0.235 e. The zero-order valence-electron chi connectivity index (χ0n) is 11.2. The summed E-state index contributed by atoms with van der Waals surface area (Å²) in [5, 5.41) is 4.17. The van der Waals surface area contributed by atoms with Crippen LogP contribution in [0, 0.1) is 0 Å². The number of hydrogen-bond acceptors (Lipinski definition) is 4. The van der Waals surface area contributed by atoms with Crippen molar-refractivity contribution in [3.8, 4) is 0 Å². The van der Waals surface area contributed by atoms with E-state index in [9.17, 15) is 4.79 Å². The number of nitrogens with one attached hydrogen (secondary N) is 1. The molecule has 2 atom stereocenters. The topological polar surface area (TPSA) is 45.2 Å². The fourth-order valence-corrected chi connectivity index (χ4v) is 2.93. The van der Waals surface area contributed by atoms with Gasteiger partial charge in [0.05, 0.1) is 10.3 Å². The first-order valence-corrected chi connectivity index (χ1v) is 7.14. The summed E-state index contributed by atoms with van der Waals surface area (Å²) in [6.07, 6.45) is 1.76. The van der Waals surface area contributed by atoms with E-state index in [2.05, 4.69) is 17.2 Å². The Balaban J connectivity index is 0.00000180. The first-order valence-electron chi connectivity index (χ1n) is 6.26. The fourth-order valence-electron chi connectivity index (χ4n) is 2.04. The highest BCUT2D eigenvalue weighted by Crippen LogP contribution is 2.22. The fraction of sp³-hybridized carbons (Fsp3) is 0.538. The standard InChI is InChI=1S/C13H19N3OS.ClH/c1-10-9-16(8-7-14-10)13(17)11(2)18-12-5-3-4-6-15-12;/h3-6,10-11,14H,7-9H2,1-2H3;1H/t10-,11?;/m1./s1. The van der Waals surface area contributed by atoms with Gasteiger partial charge in [0, 0.05) is 31.9 Å². The van der Waals surface area contributed by atoms with Crippen LogP contribution in [0.15, 0.2) is 29.4 Å². The first-order chi connectivity index (χ1) is 8.66. The molecule has 1 fully saturated rings. The molecule has 0 spiro atoms. The molecule has 6 heteroatoms. The van der Waals surface area contributed by atoms with Crippen molar-refractivity contribution in [2.75, 3.05) is 19.6 Å². The summed E-state index contributed by atoms with van der Waals surface area (Å²) in [7, 11) is 0. The number of pyridine rings is 1. The molecule has 1 aliphatic rings. The Morgan fingerprint density at radius 3 is 3.00 bits per heavy atom. The zero-order valence-corrected chi connectivity index (χ0v) is 12.8. The number of piperazine rings is 1. The van der Waals surface area contributed by atoms with Crippen LogP contribution in [-0.4, -0.2) is 46.7 Å². The molecular formula is C13H20ClN3OS. The second-order valence-corrected chi connectivity index (χ2v) is 5.93. The monoisotopic (exact) mass is 301 g/mol. The number of thioether (sulfide) groups is 1. The summed E-state index contributed by atoms with van der Waals surface area (Å²) in [4.78, 5) is 18.5. The van der Waals surface area contributed by atoms with Gasteiger partial charge in [-0.05, 0) is 26.0 Å². The van der Waals surface area contributed by atoms with Crippen LogP contribution in [-0.2, 0) is 4.79 Å². The average molecular weight is 302 g/mol. The number of rotatable bonds is 3. The van der Waals surface area contributed by atoms with E-state index in [0.29, 0.717) is 6.04 Å². The number of halogens is 1. The van der Waals surface area contributed by atoms with Gasteiger partial charge in [-0.2, -0.15) is 0 Å². The predicted molar refractivity (Wildman–Crippen MR) is 80.8 cm³/mol. The molecule has 0 aliphatic carbocycles. The van der Waals surface area contributed by atoms with E-state index in [1.807, 2.05) is 30.0 Å². The zero-order chi connectivity index (χ0) is 13.0. The molecule has 2 rings (SSSR count). The highest BCUT2D eigenvalue weighted by Gasteiger charge is 2.25. The molecule has 1 aromatic heterocycles. The number of amides is 1. The highest BCUT2D eigenvalue weighted by molar-refractivity contribution is 8.00. The van der Waals surface area contributed by atoms with Gasteiger partial charge >= 0.3 is 0 Å². The molecule has 106 valence electrons.